The number of unbranched alkanes of at least 4 members (excludes halogenated alkanes) is 1. The quantitative estimate of drug-likeness (QED) is 0.0150. The number of fused-ring (bicyclic) bond motifs is 1. The third-order valence-electron chi connectivity index (χ3n) is 17.3. The number of phenols is 1. The van der Waals surface area contributed by atoms with Gasteiger partial charge in [0.2, 0.25) is 47.3 Å². The van der Waals surface area contributed by atoms with Crippen LogP contribution in [0.2, 0.25) is 0 Å². The molecule has 0 bridgehead atoms. The molecule has 0 spiro atoms. The number of aliphatic hydroxyl groups excluding tert-OH is 2. The van der Waals surface area contributed by atoms with E-state index in [-0.39, 0.29) is 103 Å². The number of phenolic OH excluding ortho intramolecular Hbond substituents is 1. The molecule has 576 valence electrons. The number of hydrogen-bond acceptors (Lipinski definition) is 23. The first-order valence-electron chi connectivity index (χ1n) is 34.0. The average molecular weight is 1510 g/mol. The van der Waals surface area contributed by atoms with Gasteiger partial charge in [-0.15, -0.1) is 0 Å². The highest BCUT2D eigenvalue weighted by Crippen LogP contribution is 2.21. The number of nitrogens with two attached hydrogens (primary N) is 1. The van der Waals surface area contributed by atoms with E-state index in [1.54, 1.807) is 65.7 Å². The van der Waals surface area contributed by atoms with Crippen molar-refractivity contribution in [3.05, 3.63) is 102 Å². The maximum absolute atomic E-state index is 15.1. The van der Waals surface area contributed by atoms with E-state index >= 15 is 4.79 Å². The predicted octanol–water partition coefficient (Wildman–Crippen LogP) is -3.68. The van der Waals surface area contributed by atoms with Gasteiger partial charge >= 0.3 is 29.8 Å². The maximum Gasteiger partial charge on any atom is 0.328 e. The summed E-state index contributed by atoms with van der Waals surface area (Å²) in [7, 11) is 0. The number of benzene rings is 3. The SMILES string of the molecule is C[C@@H](O)[C@H](NC(=O)[C@H](CS)NC(=O)[C@@H](NC(=O)[C@H](CCCCN)NC(=O)[C@@H](Cc1c[nH]c2ccccc12)NC(=O)[C@H](Cc1ccc(O)cc1)NC(=O)[C@H](CS)NC(=O)[C@@H](Cc1ccccc1)NC(=O)CCC(C(=O)O)N1CCN(CC(=O)O)CCN(CC(=O)O)CCN(CC(=O)O)CC1)[C@@H](C)O)C(=O)O. The van der Waals surface area contributed by atoms with Gasteiger partial charge in [-0.3, -0.25) is 77.1 Å². The van der Waals surface area contributed by atoms with E-state index in [0.29, 0.717) is 34.0 Å². The Balaban J connectivity index is 1.41. The molecule has 8 amide bonds. The Morgan fingerprint density at radius 3 is 1.37 bits per heavy atom. The topological polar surface area (TPSA) is 535 Å². The fourth-order valence-corrected chi connectivity index (χ4v) is 12.1. The lowest BCUT2D eigenvalue weighted by Gasteiger charge is -2.35. The van der Waals surface area contributed by atoms with E-state index in [9.17, 15) is 98.4 Å². The molecule has 1 saturated heterocycles. The number of para-hydroxylation sites is 1. The number of carboxylic acid groups (broad SMARTS) is 5. The Morgan fingerprint density at radius 2 is 0.886 bits per heavy atom. The lowest BCUT2D eigenvalue weighted by atomic mass is 10.0. The van der Waals surface area contributed by atoms with E-state index in [0.717, 1.165) is 13.8 Å². The van der Waals surface area contributed by atoms with Gasteiger partial charge in [-0.25, -0.2) is 4.79 Å². The zero-order valence-corrected chi connectivity index (χ0v) is 59.9. The molecule has 105 heavy (non-hydrogen) atoms. The molecular formula is C68H96N14O21S2. The lowest BCUT2D eigenvalue weighted by molar-refractivity contribution is -0.145. The minimum atomic E-state index is -1.81. The number of thiol groups is 2. The Kier molecular flexibility index (Phi) is 35.9. The predicted molar refractivity (Wildman–Crippen MR) is 385 cm³/mol. The monoisotopic (exact) mass is 1510 g/mol. The molecule has 37 heteroatoms. The van der Waals surface area contributed by atoms with Gasteiger partial charge in [-0.05, 0) is 81.0 Å². The number of amides is 8. The molecule has 5 rings (SSSR count). The van der Waals surface area contributed by atoms with Gasteiger partial charge in [0.05, 0.1) is 31.8 Å². The van der Waals surface area contributed by atoms with Gasteiger partial charge < -0.3 is 94.1 Å². The number of aromatic nitrogens is 1. The van der Waals surface area contributed by atoms with Crippen molar-refractivity contribution in [1.82, 2.24) is 67.1 Å². The Labute approximate surface area is 615 Å². The van der Waals surface area contributed by atoms with Crippen molar-refractivity contribution in [1.29, 1.82) is 0 Å². The summed E-state index contributed by atoms with van der Waals surface area (Å²) in [6, 6.07) is 6.66. The van der Waals surface area contributed by atoms with Crippen LogP contribution in [0.5, 0.6) is 5.75 Å². The van der Waals surface area contributed by atoms with Crippen LogP contribution in [0, 0.1) is 0 Å². The summed E-state index contributed by atoms with van der Waals surface area (Å²) < 4.78 is 0. The summed E-state index contributed by atoms with van der Waals surface area (Å²) in [6.45, 7) is 1.15. The van der Waals surface area contributed by atoms with Gasteiger partial charge in [0.25, 0.3) is 0 Å². The van der Waals surface area contributed by atoms with Gasteiger partial charge in [0.15, 0.2) is 6.04 Å². The molecule has 0 aliphatic carbocycles. The van der Waals surface area contributed by atoms with Crippen LogP contribution in [-0.4, -0.2) is 299 Å². The van der Waals surface area contributed by atoms with Crippen molar-refractivity contribution in [2.75, 3.05) is 90.0 Å². The maximum atomic E-state index is 15.1. The van der Waals surface area contributed by atoms with E-state index in [4.69, 9.17) is 5.73 Å². The first-order chi connectivity index (χ1) is 49.9. The second kappa shape index (κ2) is 43.7. The van der Waals surface area contributed by atoms with Gasteiger partial charge in [-0.2, -0.15) is 25.3 Å². The van der Waals surface area contributed by atoms with E-state index in [2.05, 4.69) is 72.8 Å². The second-order valence-corrected chi connectivity index (χ2v) is 26.2. The molecule has 0 radical (unpaired) electrons. The largest absolute Gasteiger partial charge is 0.508 e. The van der Waals surface area contributed by atoms with Crippen molar-refractivity contribution in [2.24, 2.45) is 5.73 Å². The molecule has 1 unspecified atom stereocenters. The number of aliphatic hydroxyl groups is 2. The van der Waals surface area contributed by atoms with Crippen LogP contribution in [0.15, 0.2) is 85.1 Å². The van der Waals surface area contributed by atoms with Crippen LogP contribution in [0.1, 0.15) is 62.6 Å². The Morgan fingerprint density at radius 1 is 0.467 bits per heavy atom. The molecule has 0 saturated carbocycles. The van der Waals surface area contributed by atoms with Crippen LogP contribution >= 0.6 is 25.3 Å². The Bertz CT molecular complexity index is 3560. The standard InChI is InChI=1S/C68H96N14O21S2/c1-39(83)58(66(99)76-52(38-105)65(98)78-59(40(2)84)68(102)103)77-60(93)47(14-8-9-21-69)72-63(96)50(32-43-33-70-46-13-7-6-12-45(43)46)74-62(95)49(31-42-15-17-44(85)18-16-42)73-64(97)51(37-104)75-61(94)48(30-41-10-4-3-5-11-41)71-54(86)20-19-53(67(100)101)82-28-26-80(35-56(89)90)24-22-79(34-55(87)88)23-25-81(27-29-82)36-57(91)92/h3-7,10-13,15-18,33,39-40,47-53,58-59,70,83-85,104-105H,8-9,14,19-32,34-38,69H2,1-2H3,(H,71,86)(H,72,96)(H,73,97)(H,74,95)(H,75,94)(H,76,99)(H,77,93)(H,78,98)(H,87,88)(H,89,90)(H,91,92)(H,100,101)(H,102,103)/t39-,40-,47+,48-,49+,50-,51+,52+,53?,58+,59+/m1/s1. The molecular weight excluding hydrogens is 1410 g/mol. The number of nitrogens with one attached hydrogen (secondary N) is 9. The van der Waals surface area contributed by atoms with Crippen LogP contribution in [0.25, 0.3) is 10.9 Å². The van der Waals surface area contributed by atoms with Crippen molar-refractivity contribution in [2.45, 2.75) is 132 Å². The zero-order valence-electron chi connectivity index (χ0n) is 58.1. The van der Waals surface area contributed by atoms with Gasteiger partial charge in [-0.1, -0.05) is 60.7 Å². The van der Waals surface area contributed by atoms with E-state index in [1.165, 1.54) is 39.0 Å². The summed E-state index contributed by atoms with van der Waals surface area (Å²) in [6.07, 6.45) is -2.82. The molecule has 1 aliphatic heterocycles. The molecule has 1 fully saturated rings. The van der Waals surface area contributed by atoms with Crippen molar-refractivity contribution < 1.29 is 103 Å². The highest BCUT2D eigenvalue weighted by molar-refractivity contribution is 7.80. The second-order valence-electron chi connectivity index (χ2n) is 25.4. The van der Waals surface area contributed by atoms with Crippen LogP contribution < -0.4 is 48.3 Å². The molecule has 2 heterocycles. The molecule has 1 aromatic heterocycles. The number of hydrogen-bond donors (Lipinski definition) is 20. The Hall–Kier alpha value is -9.47. The number of aromatic amines is 1. The molecule has 3 aromatic carbocycles. The summed E-state index contributed by atoms with van der Waals surface area (Å²) in [5, 5.41) is 101. The molecule has 1 aliphatic rings. The van der Waals surface area contributed by atoms with Crippen molar-refractivity contribution in [3.8, 4) is 5.75 Å². The van der Waals surface area contributed by atoms with E-state index in [1.807, 2.05) is 0 Å². The smallest absolute Gasteiger partial charge is 0.328 e. The molecule has 4 aromatic rings. The third kappa shape index (κ3) is 29.2. The first-order valence-corrected chi connectivity index (χ1v) is 35.3. The number of H-pyrrole nitrogens is 1. The highest BCUT2D eigenvalue weighted by Gasteiger charge is 2.38. The highest BCUT2D eigenvalue weighted by atomic mass is 32.1. The summed E-state index contributed by atoms with van der Waals surface area (Å²) in [5.41, 5.74) is 7.87. The number of aliphatic carboxylic acids is 5. The van der Waals surface area contributed by atoms with Gasteiger partial charge in [0, 0.05) is 107 Å². The minimum Gasteiger partial charge on any atom is -0.508 e. The molecule has 11 atom stereocenters. The lowest BCUT2D eigenvalue weighted by Crippen LogP contribution is -2.62. The van der Waals surface area contributed by atoms with E-state index < -0.39 is 181 Å². The zero-order chi connectivity index (χ0) is 77.4. The van der Waals surface area contributed by atoms with Gasteiger partial charge in [0.1, 0.15) is 54.1 Å². The minimum absolute atomic E-state index is 0.0221. The number of carbonyl (C=O) groups excluding carboxylic acids is 8. The van der Waals surface area contributed by atoms with Crippen molar-refractivity contribution >= 4 is 113 Å². The normalized spacial score (nSPS) is 16.7. The fraction of sp³-hybridized carbons (Fsp3) is 0.515. The number of rotatable bonds is 41. The number of aromatic hydroxyl groups is 1. The van der Waals surface area contributed by atoms with Crippen molar-refractivity contribution in [3.63, 3.8) is 0 Å². The third-order valence-corrected chi connectivity index (χ3v) is 18.0. The molecule has 19 N–H and O–H groups in total. The fourth-order valence-electron chi connectivity index (χ4n) is 11.6. The average Bonchev–Trinajstić information content (AvgIpc) is 1.73. The number of carboxylic acids is 5. The van der Waals surface area contributed by atoms with Crippen LogP contribution in [0.4, 0.5) is 0 Å². The summed E-state index contributed by atoms with van der Waals surface area (Å²) >= 11 is 8.49. The number of nitrogens with zero attached hydrogens (tertiary/aromatic N) is 4. The number of carbonyl (C=O) groups is 13. The van der Waals surface area contributed by atoms with Crippen LogP contribution in [-0.2, 0) is 81.6 Å². The first kappa shape index (κ1) is 86.2. The molecule has 35 nitrogen and oxygen atoms in total. The van der Waals surface area contributed by atoms with Crippen LogP contribution in [0.3, 0.4) is 0 Å². The summed E-state index contributed by atoms with van der Waals surface area (Å²) in [5.74, 6) is -15.4. The summed E-state index contributed by atoms with van der Waals surface area (Å²) in [4.78, 5) is 184.